The number of sulfonamides is 1. The Bertz CT molecular complexity index is 1000. The van der Waals surface area contributed by atoms with E-state index >= 15 is 0 Å². The summed E-state index contributed by atoms with van der Waals surface area (Å²) in [5, 5.41) is 3.88. The fourth-order valence-electron chi connectivity index (χ4n) is 2.37. The summed E-state index contributed by atoms with van der Waals surface area (Å²) in [6.45, 7) is 3.48. The van der Waals surface area contributed by atoms with Crippen LogP contribution in [-0.2, 0) is 10.0 Å². The van der Waals surface area contributed by atoms with Gasteiger partial charge in [0, 0.05) is 18.0 Å². The predicted molar refractivity (Wildman–Crippen MR) is 94.0 cm³/mol. The van der Waals surface area contributed by atoms with Crippen LogP contribution in [0.2, 0.25) is 0 Å². The Labute approximate surface area is 151 Å². The van der Waals surface area contributed by atoms with Gasteiger partial charge in [-0.25, -0.2) is 8.42 Å². The summed E-state index contributed by atoms with van der Waals surface area (Å²) in [7, 11) is -2.41. The first-order chi connectivity index (χ1) is 12.4. The van der Waals surface area contributed by atoms with Crippen molar-refractivity contribution in [3.05, 3.63) is 54.2 Å². The van der Waals surface area contributed by atoms with Crippen molar-refractivity contribution in [2.75, 3.05) is 7.11 Å². The lowest BCUT2D eigenvalue weighted by Gasteiger charge is -2.13. The van der Waals surface area contributed by atoms with Crippen molar-refractivity contribution in [2.24, 2.45) is 0 Å². The summed E-state index contributed by atoms with van der Waals surface area (Å²) in [6, 6.07) is 7.62. The molecule has 2 heterocycles. The molecule has 0 saturated carbocycles. The number of nitrogens with one attached hydrogen (secondary N) is 1. The van der Waals surface area contributed by atoms with E-state index in [1.54, 1.807) is 43.6 Å². The minimum Gasteiger partial charge on any atom is -0.495 e. The average molecular weight is 374 g/mol. The van der Waals surface area contributed by atoms with Crippen LogP contribution >= 0.6 is 0 Å². The molecule has 1 aromatic carbocycles. The number of methoxy groups -OCH3 is 1. The molecule has 8 nitrogen and oxygen atoms in total. The van der Waals surface area contributed by atoms with Crippen molar-refractivity contribution in [1.82, 2.24) is 19.8 Å². The van der Waals surface area contributed by atoms with Gasteiger partial charge in [-0.15, -0.1) is 0 Å². The van der Waals surface area contributed by atoms with E-state index < -0.39 is 16.1 Å². The first-order valence-electron chi connectivity index (χ1n) is 7.81. The van der Waals surface area contributed by atoms with E-state index in [0.29, 0.717) is 5.82 Å². The molecule has 0 bridgehead atoms. The molecule has 0 fully saturated rings. The summed E-state index contributed by atoms with van der Waals surface area (Å²) in [4.78, 5) is 8.23. The molecule has 0 amide bonds. The predicted octanol–water partition coefficient (Wildman–Crippen LogP) is 2.49. The SMILES string of the molecule is COc1cc(C)ccc1S(=O)(=O)NC(C)c1nc(-c2ccncc2)no1. The number of hydrogen-bond donors (Lipinski definition) is 1. The maximum absolute atomic E-state index is 12.7. The van der Waals surface area contributed by atoms with Gasteiger partial charge in [-0.3, -0.25) is 4.98 Å². The molecule has 26 heavy (non-hydrogen) atoms. The van der Waals surface area contributed by atoms with Crippen molar-refractivity contribution in [2.45, 2.75) is 24.8 Å². The maximum atomic E-state index is 12.7. The molecule has 0 aliphatic rings. The molecular weight excluding hydrogens is 356 g/mol. The Hall–Kier alpha value is -2.78. The highest BCUT2D eigenvalue weighted by molar-refractivity contribution is 7.89. The minimum atomic E-state index is -3.84. The summed E-state index contributed by atoms with van der Waals surface area (Å²) in [5.41, 5.74) is 1.62. The molecule has 3 aromatic rings. The highest BCUT2D eigenvalue weighted by atomic mass is 32.2. The Morgan fingerprint density at radius 2 is 1.92 bits per heavy atom. The molecule has 1 N–H and O–H groups in total. The second-order valence-corrected chi connectivity index (χ2v) is 7.37. The monoisotopic (exact) mass is 374 g/mol. The van der Waals surface area contributed by atoms with Crippen molar-refractivity contribution in [3.63, 3.8) is 0 Å². The zero-order valence-corrected chi connectivity index (χ0v) is 15.3. The lowest BCUT2D eigenvalue weighted by Crippen LogP contribution is -2.27. The molecule has 0 saturated heterocycles. The number of benzene rings is 1. The van der Waals surface area contributed by atoms with E-state index in [1.165, 1.54) is 13.2 Å². The smallest absolute Gasteiger partial charge is 0.244 e. The molecule has 1 unspecified atom stereocenters. The summed E-state index contributed by atoms with van der Waals surface area (Å²) in [6.07, 6.45) is 3.22. The Morgan fingerprint density at radius 3 is 2.62 bits per heavy atom. The van der Waals surface area contributed by atoms with Crippen molar-refractivity contribution < 1.29 is 17.7 Å². The standard InChI is InChI=1S/C17H18N4O4S/c1-11-4-5-15(14(10-11)24-3)26(22,23)21-12(2)17-19-16(20-25-17)13-6-8-18-9-7-13/h4-10,12,21H,1-3H3. The normalized spacial score (nSPS) is 12.7. The molecule has 0 spiro atoms. The van der Waals surface area contributed by atoms with Gasteiger partial charge in [0.05, 0.1) is 13.2 Å². The first kappa shape index (κ1) is 18.0. The molecule has 9 heteroatoms. The van der Waals surface area contributed by atoms with Crippen LogP contribution in [0.3, 0.4) is 0 Å². The molecule has 0 aliphatic carbocycles. The van der Waals surface area contributed by atoms with Gasteiger partial charge in [0.15, 0.2) is 0 Å². The van der Waals surface area contributed by atoms with Crippen molar-refractivity contribution in [3.8, 4) is 17.1 Å². The maximum Gasteiger partial charge on any atom is 0.244 e. The molecule has 0 aliphatic heterocycles. The van der Waals surface area contributed by atoms with Gasteiger partial charge in [0.1, 0.15) is 10.6 Å². The third-order valence-electron chi connectivity index (χ3n) is 3.69. The van der Waals surface area contributed by atoms with Gasteiger partial charge >= 0.3 is 0 Å². The van der Waals surface area contributed by atoms with Crippen molar-refractivity contribution in [1.29, 1.82) is 0 Å². The number of aromatic nitrogens is 3. The highest BCUT2D eigenvalue weighted by Gasteiger charge is 2.25. The number of pyridine rings is 1. The second kappa shape index (κ2) is 7.22. The first-order valence-corrected chi connectivity index (χ1v) is 9.30. The molecular formula is C17H18N4O4S. The van der Waals surface area contributed by atoms with E-state index in [4.69, 9.17) is 9.26 Å². The van der Waals surface area contributed by atoms with Gasteiger partial charge in [-0.1, -0.05) is 11.2 Å². The van der Waals surface area contributed by atoms with E-state index in [2.05, 4.69) is 19.8 Å². The number of nitrogens with zero attached hydrogens (tertiary/aromatic N) is 3. The number of aryl methyl sites for hydroxylation is 1. The van der Waals surface area contributed by atoms with Crippen LogP contribution in [-0.4, -0.2) is 30.7 Å². The van der Waals surface area contributed by atoms with Crippen LogP contribution in [0, 0.1) is 6.92 Å². The third kappa shape index (κ3) is 3.73. The lowest BCUT2D eigenvalue weighted by molar-refractivity contribution is 0.353. The summed E-state index contributed by atoms with van der Waals surface area (Å²) in [5.74, 6) is 0.792. The number of hydrogen-bond acceptors (Lipinski definition) is 7. The van der Waals surface area contributed by atoms with Crippen LogP contribution < -0.4 is 9.46 Å². The summed E-state index contributed by atoms with van der Waals surface area (Å²) >= 11 is 0. The van der Waals surface area contributed by atoms with Crippen molar-refractivity contribution >= 4 is 10.0 Å². The van der Waals surface area contributed by atoms with E-state index in [1.807, 2.05) is 6.92 Å². The number of ether oxygens (including phenoxy) is 1. The average Bonchev–Trinajstić information content (AvgIpc) is 3.12. The molecule has 136 valence electrons. The summed E-state index contributed by atoms with van der Waals surface area (Å²) < 4.78 is 38.3. The third-order valence-corrected chi connectivity index (χ3v) is 5.27. The molecule has 3 rings (SSSR count). The fourth-order valence-corrected chi connectivity index (χ4v) is 3.72. The quantitative estimate of drug-likeness (QED) is 0.706. The van der Waals surface area contributed by atoms with E-state index in [0.717, 1.165) is 11.1 Å². The topological polar surface area (TPSA) is 107 Å². The van der Waals surface area contributed by atoms with Gasteiger partial charge in [0.2, 0.25) is 21.7 Å². The van der Waals surface area contributed by atoms with Crippen LogP contribution in [0.5, 0.6) is 5.75 Å². The van der Waals surface area contributed by atoms with Gasteiger partial charge in [-0.2, -0.15) is 9.71 Å². The van der Waals surface area contributed by atoms with E-state index in [-0.39, 0.29) is 16.5 Å². The largest absolute Gasteiger partial charge is 0.495 e. The Balaban J connectivity index is 1.83. The van der Waals surface area contributed by atoms with Crippen LogP contribution in [0.15, 0.2) is 52.1 Å². The van der Waals surface area contributed by atoms with Gasteiger partial charge in [-0.05, 0) is 43.7 Å². The van der Waals surface area contributed by atoms with Crippen LogP contribution in [0.25, 0.3) is 11.4 Å². The zero-order chi connectivity index (χ0) is 18.7. The highest BCUT2D eigenvalue weighted by Crippen LogP contribution is 2.26. The van der Waals surface area contributed by atoms with Gasteiger partial charge in [0.25, 0.3) is 0 Å². The van der Waals surface area contributed by atoms with Crippen LogP contribution in [0.4, 0.5) is 0 Å². The van der Waals surface area contributed by atoms with E-state index in [9.17, 15) is 8.42 Å². The Kier molecular flexibility index (Phi) is 5.01. The minimum absolute atomic E-state index is 0.0475. The molecule has 1 atom stereocenters. The zero-order valence-electron chi connectivity index (χ0n) is 14.5. The molecule has 0 radical (unpaired) electrons. The molecule has 2 aromatic heterocycles. The second-order valence-electron chi connectivity index (χ2n) is 5.69. The van der Waals surface area contributed by atoms with Gasteiger partial charge < -0.3 is 9.26 Å². The lowest BCUT2D eigenvalue weighted by atomic mass is 10.2. The van der Waals surface area contributed by atoms with Crippen LogP contribution in [0.1, 0.15) is 24.4 Å². The fraction of sp³-hybridized carbons (Fsp3) is 0.235. The Morgan fingerprint density at radius 1 is 1.19 bits per heavy atom. The number of rotatable bonds is 6.